The maximum absolute atomic E-state index is 12.3. The number of nitrogens with zero attached hydrogens (tertiary/aromatic N) is 1. The fourth-order valence-electron chi connectivity index (χ4n) is 1.18. The van der Waals surface area contributed by atoms with Gasteiger partial charge in [0.2, 0.25) is 5.78 Å². The van der Waals surface area contributed by atoms with Gasteiger partial charge >= 0.3 is 6.18 Å². The van der Waals surface area contributed by atoms with Crippen molar-refractivity contribution in [1.82, 2.24) is 4.90 Å². The number of alkyl halides is 3. The molecule has 0 aliphatic heterocycles. The van der Waals surface area contributed by atoms with Crippen molar-refractivity contribution < 1.29 is 18.0 Å². The number of carbonyl (C=O) groups excluding carboxylic acids is 1. The van der Waals surface area contributed by atoms with E-state index >= 15 is 0 Å². The molecule has 0 spiro atoms. The van der Waals surface area contributed by atoms with Crippen LogP contribution >= 0.6 is 0 Å². The Kier molecular flexibility index (Phi) is 3.60. The predicted octanol–water partition coefficient (Wildman–Crippen LogP) is 2.96. The zero-order valence-electron chi connectivity index (χ0n) is 9.51. The Hall–Kier alpha value is -1.78. The lowest BCUT2D eigenvalue weighted by Crippen LogP contribution is -2.18. The van der Waals surface area contributed by atoms with Gasteiger partial charge in [-0.1, -0.05) is 18.7 Å². The summed E-state index contributed by atoms with van der Waals surface area (Å²) in [5.41, 5.74) is -0.356. The van der Waals surface area contributed by atoms with E-state index in [1.807, 2.05) is 0 Å². The lowest BCUT2D eigenvalue weighted by atomic mass is 10.1. The van der Waals surface area contributed by atoms with E-state index in [-0.39, 0.29) is 17.0 Å². The van der Waals surface area contributed by atoms with Gasteiger partial charge in [0.05, 0.1) is 11.3 Å². The average Bonchev–Trinajstić information content (AvgIpc) is 2.26. The third-order valence-electron chi connectivity index (χ3n) is 2.28. The van der Waals surface area contributed by atoms with Crippen molar-refractivity contribution in [2.24, 2.45) is 0 Å². The molecule has 5 heteroatoms. The van der Waals surface area contributed by atoms with Crippen LogP contribution in [-0.4, -0.2) is 24.8 Å². The van der Waals surface area contributed by atoms with Crippen molar-refractivity contribution in [3.8, 4) is 0 Å². The molecule has 1 aromatic rings. The fourth-order valence-corrected chi connectivity index (χ4v) is 1.18. The fraction of sp³-hybridized carbons (Fsp3) is 0.250. The van der Waals surface area contributed by atoms with Gasteiger partial charge in [-0.05, 0) is 12.1 Å². The lowest BCUT2D eigenvalue weighted by Gasteiger charge is -2.14. The minimum Gasteiger partial charge on any atom is -0.375 e. The van der Waals surface area contributed by atoms with E-state index in [9.17, 15) is 18.0 Å². The van der Waals surface area contributed by atoms with Gasteiger partial charge in [0.1, 0.15) is 0 Å². The highest BCUT2D eigenvalue weighted by Gasteiger charge is 2.30. The second kappa shape index (κ2) is 4.61. The van der Waals surface area contributed by atoms with E-state index in [0.717, 1.165) is 24.3 Å². The summed E-state index contributed by atoms with van der Waals surface area (Å²) < 4.78 is 36.9. The van der Waals surface area contributed by atoms with Crippen molar-refractivity contribution >= 4 is 5.78 Å². The van der Waals surface area contributed by atoms with Crippen LogP contribution in [0.2, 0.25) is 0 Å². The molecule has 2 nitrogen and oxygen atoms in total. The molecule has 0 N–H and O–H groups in total. The van der Waals surface area contributed by atoms with Gasteiger partial charge in [0.15, 0.2) is 0 Å². The van der Waals surface area contributed by atoms with Gasteiger partial charge in [-0.3, -0.25) is 4.79 Å². The quantitative estimate of drug-likeness (QED) is 0.601. The van der Waals surface area contributed by atoms with Gasteiger partial charge in [-0.15, -0.1) is 0 Å². The molecular formula is C12H12F3NO. The largest absolute Gasteiger partial charge is 0.416 e. The van der Waals surface area contributed by atoms with Crippen molar-refractivity contribution in [2.45, 2.75) is 6.18 Å². The number of hydrogen-bond acceptors (Lipinski definition) is 2. The van der Waals surface area contributed by atoms with Crippen LogP contribution in [0.15, 0.2) is 36.5 Å². The van der Waals surface area contributed by atoms with Crippen LogP contribution in [0.3, 0.4) is 0 Å². The topological polar surface area (TPSA) is 20.3 Å². The molecule has 0 bridgehead atoms. The smallest absolute Gasteiger partial charge is 0.375 e. The summed E-state index contributed by atoms with van der Waals surface area (Å²) in [5.74, 6) is -0.385. The third-order valence-corrected chi connectivity index (χ3v) is 2.28. The lowest BCUT2D eigenvalue weighted by molar-refractivity contribution is -0.137. The Labute approximate surface area is 97.3 Å². The molecule has 1 rings (SSSR count). The normalized spacial score (nSPS) is 11.1. The minimum absolute atomic E-state index is 0.191. The first-order valence-corrected chi connectivity index (χ1v) is 4.81. The van der Waals surface area contributed by atoms with Crippen molar-refractivity contribution in [3.05, 3.63) is 47.7 Å². The first-order chi connectivity index (χ1) is 7.73. The summed E-state index contributed by atoms with van der Waals surface area (Å²) in [5, 5.41) is 0. The number of benzene rings is 1. The first kappa shape index (κ1) is 13.3. The van der Waals surface area contributed by atoms with E-state index < -0.39 is 11.7 Å². The number of Topliss-reactive ketones (excluding diaryl/α,β-unsaturated/α-hetero) is 1. The molecule has 0 saturated heterocycles. The van der Waals surface area contributed by atoms with Crippen LogP contribution in [-0.2, 0) is 6.18 Å². The number of hydrogen-bond donors (Lipinski definition) is 0. The Morgan fingerprint density at radius 3 is 2.00 bits per heavy atom. The van der Waals surface area contributed by atoms with Gasteiger partial charge in [0.25, 0.3) is 0 Å². The minimum atomic E-state index is -4.39. The number of rotatable bonds is 3. The summed E-state index contributed by atoms with van der Waals surface area (Å²) in [6.07, 6.45) is -4.39. The monoisotopic (exact) mass is 243 g/mol. The zero-order valence-corrected chi connectivity index (χ0v) is 9.51. The highest BCUT2D eigenvalue weighted by Crippen LogP contribution is 2.29. The second-order valence-corrected chi connectivity index (χ2v) is 3.75. The van der Waals surface area contributed by atoms with Crippen LogP contribution in [0.1, 0.15) is 15.9 Å². The Morgan fingerprint density at radius 2 is 1.65 bits per heavy atom. The highest BCUT2D eigenvalue weighted by molar-refractivity contribution is 6.07. The van der Waals surface area contributed by atoms with Gasteiger partial charge in [0, 0.05) is 19.7 Å². The molecule has 0 aliphatic rings. The number of allylic oxidation sites excluding steroid dienone is 1. The molecule has 0 saturated carbocycles. The molecule has 0 aliphatic carbocycles. The summed E-state index contributed by atoms with van der Waals surface area (Å²) >= 11 is 0. The third kappa shape index (κ3) is 3.09. The molecule has 17 heavy (non-hydrogen) atoms. The summed E-state index contributed by atoms with van der Waals surface area (Å²) in [4.78, 5) is 13.2. The molecule has 0 unspecified atom stereocenters. The summed E-state index contributed by atoms with van der Waals surface area (Å²) in [6.45, 7) is 3.56. The van der Waals surface area contributed by atoms with Crippen molar-refractivity contribution in [3.63, 3.8) is 0 Å². The zero-order chi connectivity index (χ0) is 13.2. The van der Waals surface area contributed by atoms with E-state index in [1.54, 1.807) is 14.1 Å². The maximum atomic E-state index is 12.3. The number of carbonyl (C=O) groups is 1. The summed E-state index contributed by atoms with van der Waals surface area (Å²) in [6, 6.07) is 4.08. The van der Waals surface area contributed by atoms with Crippen LogP contribution in [0.5, 0.6) is 0 Å². The van der Waals surface area contributed by atoms with E-state index in [4.69, 9.17) is 0 Å². The van der Waals surface area contributed by atoms with Gasteiger partial charge in [-0.2, -0.15) is 13.2 Å². The molecular weight excluding hydrogens is 231 g/mol. The Bertz CT molecular complexity index is 432. The molecule has 1 aromatic carbocycles. The molecule has 0 fully saturated rings. The number of halogens is 3. The van der Waals surface area contributed by atoms with Crippen LogP contribution < -0.4 is 0 Å². The average molecular weight is 243 g/mol. The summed E-state index contributed by atoms with van der Waals surface area (Å²) in [7, 11) is 3.29. The van der Waals surface area contributed by atoms with Gasteiger partial charge < -0.3 is 4.90 Å². The van der Waals surface area contributed by atoms with Crippen molar-refractivity contribution in [2.75, 3.05) is 14.1 Å². The standard InChI is InChI=1S/C12H12F3NO/c1-8(16(2)3)11(17)9-4-6-10(7-5-9)12(13,14)15/h4-7H,1H2,2-3H3. The van der Waals surface area contributed by atoms with Crippen LogP contribution in [0.25, 0.3) is 0 Å². The maximum Gasteiger partial charge on any atom is 0.416 e. The molecule has 0 amide bonds. The van der Waals surface area contributed by atoms with E-state index in [1.165, 1.54) is 4.90 Å². The number of ketones is 1. The molecule has 92 valence electrons. The van der Waals surface area contributed by atoms with Crippen LogP contribution in [0.4, 0.5) is 13.2 Å². The Balaban J connectivity index is 2.96. The predicted molar refractivity (Wildman–Crippen MR) is 58.6 cm³/mol. The van der Waals surface area contributed by atoms with E-state index in [0.29, 0.717) is 0 Å². The van der Waals surface area contributed by atoms with Crippen molar-refractivity contribution in [1.29, 1.82) is 0 Å². The molecule has 0 atom stereocenters. The Morgan fingerprint density at radius 1 is 1.18 bits per heavy atom. The molecule has 0 heterocycles. The number of likely N-dealkylation sites (N-methyl/N-ethyl adjacent to an activating group) is 1. The first-order valence-electron chi connectivity index (χ1n) is 4.81. The molecule has 0 radical (unpaired) electrons. The van der Waals surface area contributed by atoms with Gasteiger partial charge in [-0.25, -0.2) is 0 Å². The van der Waals surface area contributed by atoms with Crippen LogP contribution in [0, 0.1) is 0 Å². The SMILES string of the molecule is C=C(C(=O)c1ccc(C(F)(F)F)cc1)N(C)C. The molecule has 0 aromatic heterocycles. The highest BCUT2D eigenvalue weighted by atomic mass is 19.4. The second-order valence-electron chi connectivity index (χ2n) is 3.75. The van der Waals surface area contributed by atoms with E-state index in [2.05, 4.69) is 6.58 Å².